The Hall–Kier alpha value is -0.340. The smallest absolute Gasteiger partial charge is 0.155 e. The number of aliphatic hydroxyl groups is 1. The van der Waals surface area contributed by atoms with Crippen LogP contribution in [0.1, 0.15) is 12.8 Å². The molecule has 1 saturated heterocycles. The van der Waals surface area contributed by atoms with Gasteiger partial charge in [-0.2, -0.15) is 0 Å². The average Bonchev–Trinajstić information content (AvgIpc) is 2.14. The van der Waals surface area contributed by atoms with Gasteiger partial charge in [0, 0.05) is 6.42 Å². The molecule has 1 aliphatic rings. The minimum Gasteiger partial charge on any atom is -0.368 e. The first-order valence-electron chi connectivity index (χ1n) is 2.79. The van der Waals surface area contributed by atoms with Gasteiger partial charge >= 0.3 is 0 Å². The molecule has 0 aromatic carbocycles. The highest BCUT2D eigenvalue weighted by Gasteiger charge is 2.19. The van der Waals surface area contributed by atoms with Crippen LogP contribution in [0.3, 0.4) is 0 Å². The van der Waals surface area contributed by atoms with E-state index in [1.807, 2.05) is 0 Å². The molecule has 0 spiro atoms. The molecule has 1 rings (SSSR count). The van der Waals surface area contributed by atoms with Crippen molar-refractivity contribution in [1.29, 1.82) is 0 Å². The SMILES string of the molecule is C=C[C@H]1CC[C@H](O)O1. The standard InChI is InChI=1S/C6H10O2/c1-2-5-3-4-6(7)8-5/h2,5-7H,1,3-4H2/t5-,6+/m0/s1. The van der Waals surface area contributed by atoms with Gasteiger partial charge in [-0.05, 0) is 6.42 Å². The van der Waals surface area contributed by atoms with Crippen LogP contribution in [0.25, 0.3) is 0 Å². The summed E-state index contributed by atoms with van der Waals surface area (Å²) < 4.78 is 4.95. The van der Waals surface area contributed by atoms with Crippen molar-refractivity contribution < 1.29 is 9.84 Å². The Bertz CT molecular complexity index is 90.5. The average molecular weight is 114 g/mol. The summed E-state index contributed by atoms with van der Waals surface area (Å²) in [6.45, 7) is 3.54. The van der Waals surface area contributed by atoms with Gasteiger partial charge in [0.1, 0.15) is 0 Å². The zero-order chi connectivity index (χ0) is 5.98. The normalized spacial score (nSPS) is 37.6. The van der Waals surface area contributed by atoms with Crippen LogP contribution in [0.5, 0.6) is 0 Å². The number of aliphatic hydroxyl groups excluding tert-OH is 1. The Balaban J connectivity index is 2.32. The lowest BCUT2D eigenvalue weighted by Gasteiger charge is -2.01. The summed E-state index contributed by atoms with van der Waals surface area (Å²) >= 11 is 0. The van der Waals surface area contributed by atoms with E-state index >= 15 is 0 Å². The van der Waals surface area contributed by atoms with E-state index in [2.05, 4.69) is 6.58 Å². The lowest BCUT2D eigenvalue weighted by Crippen LogP contribution is -2.06. The largest absolute Gasteiger partial charge is 0.368 e. The second kappa shape index (κ2) is 2.29. The van der Waals surface area contributed by atoms with Crippen LogP contribution in [0, 0.1) is 0 Å². The number of hydrogen-bond donors (Lipinski definition) is 1. The summed E-state index contributed by atoms with van der Waals surface area (Å²) in [6.07, 6.45) is 2.92. The quantitative estimate of drug-likeness (QED) is 0.508. The van der Waals surface area contributed by atoms with Crippen molar-refractivity contribution in [2.45, 2.75) is 25.2 Å². The minimum atomic E-state index is -0.544. The molecular weight excluding hydrogens is 104 g/mol. The van der Waals surface area contributed by atoms with Crippen LogP contribution in [-0.2, 0) is 4.74 Å². The Kier molecular flexibility index (Phi) is 1.65. The molecule has 1 fully saturated rings. The minimum absolute atomic E-state index is 0.0880. The second-order valence-electron chi connectivity index (χ2n) is 1.94. The van der Waals surface area contributed by atoms with Crippen molar-refractivity contribution in [2.24, 2.45) is 0 Å². The first-order valence-corrected chi connectivity index (χ1v) is 2.79. The van der Waals surface area contributed by atoms with E-state index in [0.29, 0.717) is 0 Å². The van der Waals surface area contributed by atoms with Crippen molar-refractivity contribution >= 4 is 0 Å². The predicted octanol–water partition coefficient (Wildman–Crippen LogP) is 0.670. The summed E-state index contributed by atoms with van der Waals surface area (Å²) in [5, 5.41) is 8.76. The van der Waals surface area contributed by atoms with Gasteiger partial charge in [-0.25, -0.2) is 0 Å². The highest BCUT2D eigenvalue weighted by atomic mass is 16.6. The van der Waals surface area contributed by atoms with Gasteiger partial charge in [0.05, 0.1) is 6.10 Å². The van der Waals surface area contributed by atoms with Gasteiger partial charge in [0.15, 0.2) is 6.29 Å². The number of ether oxygens (including phenoxy) is 1. The summed E-state index contributed by atoms with van der Waals surface area (Å²) in [5.74, 6) is 0. The van der Waals surface area contributed by atoms with Crippen LogP contribution < -0.4 is 0 Å². The van der Waals surface area contributed by atoms with Crippen LogP contribution in [-0.4, -0.2) is 17.5 Å². The molecule has 0 radical (unpaired) electrons. The van der Waals surface area contributed by atoms with Crippen LogP contribution in [0.2, 0.25) is 0 Å². The maximum atomic E-state index is 8.76. The molecule has 0 aromatic rings. The Morgan fingerprint density at radius 3 is 2.62 bits per heavy atom. The first kappa shape index (κ1) is 5.79. The van der Waals surface area contributed by atoms with Crippen molar-refractivity contribution in [3.63, 3.8) is 0 Å². The molecule has 2 atom stereocenters. The zero-order valence-electron chi connectivity index (χ0n) is 4.71. The van der Waals surface area contributed by atoms with Crippen molar-refractivity contribution in [2.75, 3.05) is 0 Å². The fraction of sp³-hybridized carbons (Fsp3) is 0.667. The summed E-state index contributed by atoms with van der Waals surface area (Å²) in [5.41, 5.74) is 0. The lowest BCUT2D eigenvalue weighted by atomic mass is 10.2. The molecule has 0 bridgehead atoms. The molecule has 8 heavy (non-hydrogen) atoms. The maximum Gasteiger partial charge on any atom is 0.155 e. The van der Waals surface area contributed by atoms with E-state index in [9.17, 15) is 0 Å². The molecule has 1 aliphatic heterocycles. The van der Waals surface area contributed by atoms with Crippen molar-refractivity contribution in [1.82, 2.24) is 0 Å². The number of hydrogen-bond acceptors (Lipinski definition) is 2. The lowest BCUT2D eigenvalue weighted by molar-refractivity contribution is -0.0777. The third-order valence-electron chi connectivity index (χ3n) is 1.29. The Morgan fingerprint density at radius 2 is 2.38 bits per heavy atom. The van der Waals surface area contributed by atoms with Crippen molar-refractivity contribution in [3.05, 3.63) is 12.7 Å². The maximum absolute atomic E-state index is 8.76. The number of rotatable bonds is 1. The summed E-state index contributed by atoms with van der Waals surface area (Å²) in [6, 6.07) is 0. The molecule has 1 N–H and O–H groups in total. The molecule has 0 aromatic heterocycles. The molecule has 2 heteroatoms. The van der Waals surface area contributed by atoms with Crippen LogP contribution in [0.15, 0.2) is 12.7 Å². The highest BCUT2D eigenvalue weighted by molar-refractivity contribution is 4.83. The molecule has 1 heterocycles. The van der Waals surface area contributed by atoms with Gasteiger partial charge in [0.2, 0.25) is 0 Å². The third kappa shape index (κ3) is 1.08. The molecule has 2 nitrogen and oxygen atoms in total. The van der Waals surface area contributed by atoms with Gasteiger partial charge in [-0.15, -0.1) is 6.58 Å². The van der Waals surface area contributed by atoms with E-state index < -0.39 is 6.29 Å². The fourth-order valence-corrected chi connectivity index (χ4v) is 0.818. The van der Waals surface area contributed by atoms with E-state index in [-0.39, 0.29) is 6.10 Å². The Labute approximate surface area is 48.8 Å². The van der Waals surface area contributed by atoms with E-state index in [1.165, 1.54) is 0 Å². The molecule has 0 unspecified atom stereocenters. The van der Waals surface area contributed by atoms with E-state index in [0.717, 1.165) is 12.8 Å². The molecular formula is C6H10O2. The van der Waals surface area contributed by atoms with E-state index in [1.54, 1.807) is 6.08 Å². The molecule has 46 valence electrons. The molecule has 0 aliphatic carbocycles. The topological polar surface area (TPSA) is 29.5 Å². The Morgan fingerprint density at radius 1 is 1.62 bits per heavy atom. The fourth-order valence-electron chi connectivity index (χ4n) is 0.818. The second-order valence-corrected chi connectivity index (χ2v) is 1.94. The van der Waals surface area contributed by atoms with Gasteiger partial charge < -0.3 is 9.84 Å². The van der Waals surface area contributed by atoms with Crippen molar-refractivity contribution in [3.8, 4) is 0 Å². The predicted molar refractivity (Wildman–Crippen MR) is 30.3 cm³/mol. The van der Waals surface area contributed by atoms with Gasteiger partial charge in [-0.3, -0.25) is 0 Å². The first-order chi connectivity index (χ1) is 3.83. The van der Waals surface area contributed by atoms with Gasteiger partial charge in [0.25, 0.3) is 0 Å². The van der Waals surface area contributed by atoms with Crippen LogP contribution >= 0.6 is 0 Å². The monoisotopic (exact) mass is 114 g/mol. The van der Waals surface area contributed by atoms with Crippen LogP contribution in [0.4, 0.5) is 0 Å². The highest BCUT2D eigenvalue weighted by Crippen LogP contribution is 2.17. The third-order valence-corrected chi connectivity index (χ3v) is 1.29. The summed E-state index contributed by atoms with van der Waals surface area (Å²) in [4.78, 5) is 0. The van der Waals surface area contributed by atoms with Gasteiger partial charge in [-0.1, -0.05) is 6.08 Å². The van der Waals surface area contributed by atoms with E-state index in [4.69, 9.17) is 9.84 Å². The molecule has 0 amide bonds. The zero-order valence-corrected chi connectivity index (χ0v) is 4.71. The molecule has 0 saturated carbocycles. The summed E-state index contributed by atoms with van der Waals surface area (Å²) in [7, 11) is 0.